The predicted octanol–water partition coefficient (Wildman–Crippen LogP) is 3.94. The predicted molar refractivity (Wildman–Crippen MR) is 74.8 cm³/mol. The van der Waals surface area contributed by atoms with E-state index in [0.29, 0.717) is 5.69 Å². The molecule has 0 aliphatic rings. The molecule has 2 aromatic rings. The molecule has 0 saturated heterocycles. The molecule has 2 heterocycles. The van der Waals surface area contributed by atoms with Crippen LogP contribution < -0.4 is 10.6 Å². The van der Waals surface area contributed by atoms with Crippen molar-refractivity contribution in [2.45, 2.75) is 19.1 Å². The lowest BCUT2D eigenvalue weighted by molar-refractivity contribution is -0.141. The van der Waals surface area contributed by atoms with Crippen molar-refractivity contribution < 1.29 is 13.2 Å². The molecule has 0 aliphatic carbocycles. The number of thiophene rings is 1. The van der Waals surface area contributed by atoms with E-state index < -0.39 is 11.9 Å². The maximum Gasteiger partial charge on any atom is 0.433 e. The van der Waals surface area contributed by atoms with Crippen LogP contribution in [0.3, 0.4) is 0 Å². The summed E-state index contributed by atoms with van der Waals surface area (Å²) in [5.74, 6) is 0. The molecule has 2 rings (SSSR count). The first-order valence-corrected chi connectivity index (χ1v) is 6.77. The lowest BCUT2D eigenvalue weighted by Gasteiger charge is -2.27. The second-order valence-corrected chi connectivity index (χ2v) is 5.41. The van der Waals surface area contributed by atoms with E-state index in [1.54, 1.807) is 23.3 Å². The Morgan fingerprint density at radius 2 is 2.10 bits per heavy atom. The minimum Gasteiger partial charge on any atom is -0.396 e. The van der Waals surface area contributed by atoms with E-state index >= 15 is 0 Å². The van der Waals surface area contributed by atoms with Crippen molar-refractivity contribution in [2.24, 2.45) is 0 Å². The van der Waals surface area contributed by atoms with Crippen molar-refractivity contribution in [3.63, 3.8) is 0 Å². The molecule has 20 heavy (non-hydrogen) atoms. The van der Waals surface area contributed by atoms with Crippen molar-refractivity contribution in [1.29, 1.82) is 0 Å². The Hall–Kier alpha value is -1.76. The number of nitrogen functional groups attached to an aromatic ring is 1. The first kappa shape index (κ1) is 14.6. The number of nitrogens with zero attached hydrogens (tertiary/aromatic N) is 2. The largest absolute Gasteiger partial charge is 0.433 e. The van der Waals surface area contributed by atoms with Crippen LogP contribution in [-0.2, 0) is 6.18 Å². The highest BCUT2D eigenvalue weighted by atomic mass is 32.1. The molecule has 3 nitrogen and oxygen atoms in total. The van der Waals surface area contributed by atoms with Gasteiger partial charge in [0.15, 0.2) is 0 Å². The van der Waals surface area contributed by atoms with E-state index in [-0.39, 0.29) is 11.7 Å². The molecule has 1 unspecified atom stereocenters. The van der Waals surface area contributed by atoms with Gasteiger partial charge in [-0.15, -0.1) is 11.3 Å². The van der Waals surface area contributed by atoms with Crippen LogP contribution in [0.15, 0.2) is 29.8 Å². The highest BCUT2D eigenvalue weighted by Crippen LogP contribution is 2.35. The molecule has 108 valence electrons. The van der Waals surface area contributed by atoms with E-state index in [2.05, 4.69) is 4.98 Å². The molecule has 0 aromatic carbocycles. The average Bonchev–Trinajstić information content (AvgIpc) is 2.90. The number of nitrogens with two attached hydrogens (primary N) is 1. The second kappa shape index (κ2) is 5.32. The Kier molecular flexibility index (Phi) is 3.89. The highest BCUT2D eigenvalue weighted by Gasteiger charge is 2.33. The Morgan fingerprint density at radius 3 is 2.65 bits per heavy atom. The zero-order valence-electron chi connectivity index (χ0n) is 11.0. The van der Waals surface area contributed by atoms with Crippen molar-refractivity contribution in [3.05, 3.63) is 40.3 Å². The number of alkyl halides is 3. The van der Waals surface area contributed by atoms with Crippen molar-refractivity contribution in [3.8, 4) is 0 Å². The van der Waals surface area contributed by atoms with E-state index in [4.69, 9.17) is 5.73 Å². The minimum atomic E-state index is -4.48. The molecule has 0 amide bonds. The topological polar surface area (TPSA) is 42.2 Å². The number of rotatable bonds is 3. The Bertz CT molecular complexity index is 581. The average molecular weight is 301 g/mol. The van der Waals surface area contributed by atoms with Crippen LogP contribution >= 0.6 is 11.3 Å². The van der Waals surface area contributed by atoms with Crippen LogP contribution in [0.4, 0.5) is 24.5 Å². The fourth-order valence-electron chi connectivity index (χ4n) is 1.84. The monoisotopic (exact) mass is 301 g/mol. The van der Waals surface area contributed by atoms with Gasteiger partial charge < -0.3 is 10.6 Å². The molecule has 0 spiro atoms. The zero-order chi connectivity index (χ0) is 14.9. The number of aromatic nitrogens is 1. The van der Waals surface area contributed by atoms with Gasteiger partial charge >= 0.3 is 6.18 Å². The Balaban J connectivity index is 2.36. The standard InChI is InChI=1S/C13H14F3N3S/c1-8(11-4-3-5-20-11)19(2)10-6-12(13(14,15)16)18-7-9(10)17/h3-8H,17H2,1-2H3. The van der Waals surface area contributed by atoms with Gasteiger partial charge in [0.05, 0.1) is 23.6 Å². The summed E-state index contributed by atoms with van der Waals surface area (Å²) in [6.45, 7) is 1.92. The minimum absolute atomic E-state index is 0.0687. The molecule has 0 fully saturated rings. The van der Waals surface area contributed by atoms with Crippen molar-refractivity contribution in [1.82, 2.24) is 4.98 Å². The van der Waals surface area contributed by atoms with Gasteiger partial charge in [-0.25, -0.2) is 4.98 Å². The summed E-state index contributed by atoms with van der Waals surface area (Å²) in [7, 11) is 1.72. The van der Waals surface area contributed by atoms with Crippen molar-refractivity contribution in [2.75, 3.05) is 17.7 Å². The van der Waals surface area contributed by atoms with Crippen LogP contribution in [0.1, 0.15) is 23.5 Å². The van der Waals surface area contributed by atoms with E-state index in [9.17, 15) is 13.2 Å². The van der Waals surface area contributed by atoms with Crippen LogP contribution in [0.2, 0.25) is 0 Å². The van der Waals surface area contributed by atoms with Gasteiger partial charge in [-0.3, -0.25) is 0 Å². The van der Waals surface area contributed by atoms with Gasteiger partial charge in [0.2, 0.25) is 0 Å². The van der Waals surface area contributed by atoms with Gasteiger partial charge in [-0.2, -0.15) is 13.2 Å². The summed E-state index contributed by atoms with van der Waals surface area (Å²) >= 11 is 1.55. The smallest absolute Gasteiger partial charge is 0.396 e. The molecule has 0 radical (unpaired) electrons. The molecule has 0 saturated carbocycles. The maximum absolute atomic E-state index is 12.7. The quantitative estimate of drug-likeness (QED) is 0.933. The fraction of sp³-hybridized carbons (Fsp3) is 0.308. The molecule has 0 bridgehead atoms. The first-order valence-electron chi connectivity index (χ1n) is 5.89. The number of pyridine rings is 1. The number of hydrogen-bond donors (Lipinski definition) is 1. The SMILES string of the molecule is CC(c1cccs1)N(C)c1cc(C(F)(F)F)ncc1N. The molecular weight excluding hydrogens is 287 g/mol. The van der Waals surface area contributed by atoms with E-state index in [1.165, 1.54) is 0 Å². The molecular formula is C13H14F3N3S. The van der Waals surface area contributed by atoms with Crippen LogP contribution in [0.25, 0.3) is 0 Å². The normalized spacial score (nSPS) is 13.2. The highest BCUT2D eigenvalue weighted by molar-refractivity contribution is 7.10. The Morgan fingerprint density at radius 1 is 1.40 bits per heavy atom. The van der Waals surface area contributed by atoms with Crippen LogP contribution in [-0.4, -0.2) is 12.0 Å². The Labute approximate surface area is 118 Å². The zero-order valence-corrected chi connectivity index (χ0v) is 11.8. The molecule has 2 aromatic heterocycles. The molecule has 0 aliphatic heterocycles. The summed E-state index contributed by atoms with van der Waals surface area (Å²) in [6.07, 6.45) is -3.43. The van der Waals surface area contributed by atoms with Gasteiger partial charge in [-0.1, -0.05) is 6.07 Å². The lowest BCUT2D eigenvalue weighted by Crippen LogP contribution is -2.23. The summed E-state index contributed by atoms with van der Waals surface area (Å²) in [5, 5.41) is 1.93. The van der Waals surface area contributed by atoms with Gasteiger partial charge in [-0.05, 0) is 24.4 Å². The summed E-state index contributed by atoms with van der Waals surface area (Å²) in [4.78, 5) is 6.11. The van der Waals surface area contributed by atoms with Gasteiger partial charge in [0.25, 0.3) is 0 Å². The summed E-state index contributed by atoms with van der Waals surface area (Å²) < 4.78 is 38.2. The third-order valence-electron chi connectivity index (χ3n) is 3.12. The van der Waals surface area contributed by atoms with Crippen molar-refractivity contribution >= 4 is 22.7 Å². The molecule has 7 heteroatoms. The van der Waals surface area contributed by atoms with Crippen LogP contribution in [0.5, 0.6) is 0 Å². The number of halogens is 3. The van der Waals surface area contributed by atoms with Crippen LogP contribution in [0, 0.1) is 0 Å². The first-order chi connectivity index (χ1) is 9.30. The fourth-order valence-corrected chi connectivity index (χ4v) is 2.67. The van der Waals surface area contributed by atoms with E-state index in [0.717, 1.165) is 17.1 Å². The third-order valence-corrected chi connectivity index (χ3v) is 4.16. The number of hydrogen-bond acceptors (Lipinski definition) is 4. The summed E-state index contributed by atoms with van der Waals surface area (Å²) in [5.41, 5.74) is 5.37. The third kappa shape index (κ3) is 2.87. The maximum atomic E-state index is 12.7. The van der Waals surface area contributed by atoms with Gasteiger partial charge in [0.1, 0.15) is 5.69 Å². The van der Waals surface area contributed by atoms with E-state index in [1.807, 2.05) is 24.4 Å². The lowest BCUT2D eigenvalue weighted by atomic mass is 10.2. The number of anilines is 2. The summed E-state index contributed by atoms with van der Waals surface area (Å²) in [6, 6.07) is 4.76. The van der Waals surface area contributed by atoms with Gasteiger partial charge in [0, 0.05) is 11.9 Å². The molecule has 2 N–H and O–H groups in total. The second-order valence-electron chi connectivity index (χ2n) is 4.43. The molecule has 1 atom stereocenters.